The van der Waals surface area contributed by atoms with E-state index in [-0.39, 0.29) is 5.91 Å². The molecule has 0 saturated carbocycles. The van der Waals surface area contributed by atoms with Crippen LogP contribution in [-0.4, -0.2) is 40.6 Å². The molecule has 8 heteroatoms. The van der Waals surface area contributed by atoms with Crippen LogP contribution in [0.4, 0.5) is 0 Å². The summed E-state index contributed by atoms with van der Waals surface area (Å²) in [5.41, 5.74) is 4.53. The number of hydrogen-bond donors (Lipinski definition) is 2. The van der Waals surface area contributed by atoms with E-state index < -0.39 is 0 Å². The van der Waals surface area contributed by atoms with Crippen molar-refractivity contribution in [2.45, 2.75) is 24.3 Å². The van der Waals surface area contributed by atoms with Crippen molar-refractivity contribution in [3.05, 3.63) is 61.9 Å². The summed E-state index contributed by atoms with van der Waals surface area (Å²) in [5.74, 6) is 0.543. The van der Waals surface area contributed by atoms with Crippen LogP contribution in [0.25, 0.3) is 28.1 Å². The Kier molecular flexibility index (Phi) is 5.84. The summed E-state index contributed by atoms with van der Waals surface area (Å²) in [6.45, 7) is 3.93. The highest BCUT2D eigenvalue weighted by Crippen LogP contribution is 2.39. The number of likely N-dealkylation sites (tertiary alicyclic amines) is 1. The van der Waals surface area contributed by atoms with Crippen LogP contribution in [0.15, 0.2) is 56.3 Å². The molecule has 2 aliphatic rings. The number of carbonyl (C=O) groups excluding carboxylic acids is 1. The predicted molar refractivity (Wildman–Crippen MR) is 139 cm³/mol. The molecule has 0 aliphatic carbocycles. The number of thiophene rings is 2. The molecule has 0 unspecified atom stereocenters. The fraction of sp³-hybridized carbons (Fsp3) is 0.280. The molecular weight excluding hydrogens is 469 g/mol. The predicted octanol–water partition coefficient (Wildman–Crippen LogP) is 5.83. The van der Waals surface area contributed by atoms with Gasteiger partial charge in [-0.15, -0.1) is 11.3 Å². The molecule has 1 amide bonds. The van der Waals surface area contributed by atoms with Gasteiger partial charge in [-0.25, -0.2) is 0 Å². The zero-order valence-electron chi connectivity index (χ0n) is 18.0. The van der Waals surface area contributed by atoms with Gasteiger partial charge in [0.15, 0.2) is 0 Å². The maximum Gasteiger partial charge on any atom is 0.258 e. The molecule has 0 spiro atoms. The molecule has 2 N–H and O–H groups in total. The zero-order chi connectivity index (χ0) is 22.2. The van der Waals surface area contributed by atoms with E-state index in [1.807, 2.05) is 29.5 Å². The number of hydrogen-bond acceptors (Lipinski definition) is 6. The number of thioether (sulfide) groups is 1. The molecule has 6 rings (SSSR count). The highest BCUT2D eigenvalue weighted by atomic mass is 32.2. The van der Waals surface area contributed by atoms with Crippen molar-refractivity contribution in [3.63, 3.8) is 0 Å². The summed E-state index contributed by atoms with van der Waals surface area (Å²) in [6, 6.07) is 10.6. The fourth-order valence-corrected chi connectivity index (χ4v) is 7.21. The number of benzene rings is 1. The van der Waals surface area contributed by atoms with Crippen LogP contribution >= 0.6 is 34.4 Å². The summed E-state index contributed by atoms with van der Waals surface area (Å²) in [4.78, 5) is 18.6. The van der Waals surface area contributed by atoms with Gasteiger partial charge >= 0.3 is 0 Å². The van der Waals surface area contributed by atoms with E-state index >= 15 is 0 Å². The third-order valence-corrected chi connectivity index (χ3v) is 9.12. The number of nitrogens with zero attached hydrogens (tertiary/aromatic N) is 2. The van der Waals surface area contributed by atoms with Crippen molar-refractivity contribution in [2.24, 2.45) is 5.92 Å². The van der Waals surface area contributed by atoms with Crippen LogP contribution in [0.3, 0.4) is 0 Å². The maximum atomic E-state index is 12.9. The first-order chi connectivity index (χ1) is 16.2. The highest BCUT2D eigenvalue weighted by Gasteiger charge is 2.24. The minimum absolute atomic E-state index is 0.00706. The third kappa shape index (κ3) is 4.40. The van der Waals surface area contributed by atoms with Crippen LogP contribution in [0.2, 0.25) is 0 Å². The van der Waals surface area contributed by atoms with Gasteiger partial charge in [-0.05, 0) is 89.5 Å². The van der Waals surface area contributed by atoms with E-state index in [0.717, 1.165) is 65.4 Å². The standard InChI is InChI=1S/C25H24N4OS3/c30-25(23-11-21-24-20(27-28-21)2-1-3-22(24)33-23)26-12-16-4-7-29(8-5-16)13-19-10-18(15-32-19)17-6-9-31-14-17/h1-3,6,9-11,14-16H,4-5,7-8,12-13H2,(H,26,30)(H,27,28). The summed E-state index contributed by atoms with van der Waals surface area (Å²) < 4.78 is 0. The van der Waals surface area contributed by atoms with E-state index in [0.29, 0.717) is 5.92 Å². The Morgan fingerprint density at radius 1 is 1.18 bits per heavy atom. The van der Waals surface area contributed by atoms with Crippen molar-refractivity contribution < 1.29 is 4.79 Å². The van der Waals surface area contributed by atoms with Crippen molar-refractivity contribution >= 4 is 57.3 Å². The number of amides is 1. The van der Waals surface area contributed by atoms with Crippen molar-refractivity contribution in [2.75, 3.05) is 19.6 Å². The summed E-state index contributed by atoms with van der Waals surface area (Å²) in [6.07, 6.45) is 4.15. The number of rotatable bonds is 6. The molecule has 0 atom stereocenters. The largest absolute Gasteiger partial charge is 0.351 e. The first kappa shape index (κ1) is 21.2. The first-order valence-electron chi connectivity index (χ1n) is 11.2. The Morgan fingerprint density at radius 3 is 2.94 bits per heavy atom. The molecule has 3 aromatic heterocycles. The topological polar surface area (TPSA) is 61.0 Å². The minimum Gasteiger partial charge on any atom is -0.351 e. The van der Waals surface area contributed by atoms with E-state index in [9.17, 15) is 4.79 Å². The number of H-pyrrole nitrogens is 1. The fourth-order valence-electron chi connectivity index (χ4n) is 4.58. The molecule has 1 fully saturated rings. The van der Waals surface area contributed by atoms with Gasteiger partial charge in [0.2, 0.25) is 0 Å². The first-order valence-corrected chi connectivity index (χ1v) is 13.8. The Labute approximate surface area is 204 Å². The van der Waals surface area contributed by atoms with Gasteiger partial charge in [0, 0.05) is 28.2 Å². The number of aromatic nitrogens is 2. The van der Waals surface area contributed by atoms with Crippen LogP contribution < -0.4 is 5.32 Å². The Bertz CT molecular complexity index is 1310. The van der Waals surface area contributed by atoms with Gasteiger partial charge in [0.1, 0.15) is 0 Å². The van der Waals surface area contributed by atoms with Gasteiger partial charge in [-0.3, -0.25) is 14.8 Å². The lowest BCUT2D eigenvalue weighted by molar-refractivity contribution is -0.117. The number of nitrogens with one attached hydrogen (secondary N) is 2. The van der Waals surface area contributed by atoms with Crippen LogP contribution in [0.5, 0.6) is 0 Å². The van der Waals surface area contributed by atoms with Crippen molar-refractivity contribution in [1.29, 1.82) is 0 Å². The Hall–Kier alpha value is -2.39. The zero-order valence-corrected chi connectivity index (χ0v) is 20.5. The van der Waals surface area contributed by atoms with E-state index in [1.54, 1.807) is 11.3 Å². The Morgan fingerprint density at radius 2 is 2.09 bits per heavy atom. The van der Waals surface area contributed by atoms with Gasteiger partial charge in [-0.1, -0.05) is 17.8 Å². The number of carbonyl (C=O) groups is 1. The van der Waals surface area contributed by atoms with E-state index in [2.05, 4.69) is 54.8 Å². The highest BCUT2D eigenvalue weighted by molar-refractivity contribution is 8.04. The molecule has 0 bridgehead atoms. The second-order valence-electron chi connectivity index (χ2n) is 8.64. The molecule has 168 valence electrons. The lowest BCUT2D eigenvalue weighted by atomic mass is 9.96. The average Bonchev–Trinajstić information content (AvgIpc) is 3.60. The molecule has 5 heterocycles. The summed E-state index contributed by atoms with van der Waals surface area (Å²) in [7, 11) is 0. The van der Waals surface area contributed by atoms with Gasteiger partial charge in [0.25, 0.3) is 5.91 Å². The molecule has 2 aliphatic heterocycles. The molecule has 4 aromatic rings. The lowest BCUT2D eigenvalue weighted by Gasteiger charge is -2.31. The number of aromatic amines is 1. The quantitative estimate of drug-likeness (QED) is 0.356. The third-order valence-electron chi connectivity index (χ3n) is 6.44. The SMILES string of the molecule is O=C(NCC1CCN(Cc2cc(-c3ccsc3)cs2)CC1)C1=Cc2n[nH]c3cccc(c23)S1. The van der Waals surface area contributed by atoms with E-state index in [4.69, 9.17) is 0 Å². The van der Waals surface area contributed by atoms with Gasteiger partial charge < -0.3 is 5.32 Å². The molecule has 1 saturated heterocycles. The summed E-state index contributed by atoms with van der Waals surface area (Å²) >= 11 is 5.14. The second kappa shape index (κ2) is 9.10. The maximum absolute atomic E-state index is 12.9. The summed E-state index contributed by atoms with van der Waals surface area (Å²) in [5, 5.41) is 18.3. The van der Waals surface area contributed by atoms with Crippen LogP contribution in [0.1, 0.15) is 23.4 Å². The molecule has 5 nitrogen and oxygen atoms in total. The van der Waals surface area contributed by atoms with E-state index in [1.165, 1.54) is 27.8 Å². The average molecular weight is 493 g/mol. The minimum atomic E-state index is 0.00706. The van der Waals surface area contributed by atoms with Crippen LogP contribution in [0, 0.1) is 5.92 Å². The van der Waals surface area contributed by atoms with Crippen LogP contribution in [-0.2, 0) is 11.3 Å². The molecular formula is C25H24N4OS3. The molecule has 33 heavy (non-hydrogen) atoms. The number of piperidine rings is 1. The van der Waals surface area contributed by atoms with Gasteiger partial charge in [0.05, 0.1) is 16.1 Å². The molecule has 0 radical (unpaired) electrons. The van der Waals surface area contributed by atoms with Crippen molar-refractivity contribution in [1.82, 2.24) is 20.4 Å². The normalized spacial score (nSPS) is 16.8. The Balaban J connectivity index is 0.997. The molecule has 1 aromatic carbocycles. The van der Waals surface area contributed by atoms with Crippen molar-refractivity contribution in [3.8, 4) is 11.1 Å². The second-order valence-corrected chi connectivity index (χ2v) is 11.5. The smallest absolute Gasteiger partial charge is 0.258 e. The lowest BCUT2D eigenvalue weighted by Crippen LogP contribution is -2.38. The monoisotopic (exact) mass is 492 g/mol. The van der Waals surface area contributed by atoms with Gasteiger partial charge in [-0.2, -0.15) is 16.4 Å².